The molecule has 1 unspecified atom stereocenters. The van der Waals surface area contributed by atoms with Crippen LogP contribution in [0.2, 0.25) is 0 Å². The van der Waals surface area contributed by atoms with Crippen LogP contribution < -0.4 is 14.5 Å². The molecule has 0 fully saturated rings. The number of aryl methyl sites for hydroxylation is 1. The molecule has 0 saturated heterocycles. The summed E-state index contributed by atoms with van der Waals surface area (Å²) in [4.78, 5) is 21.2. The van der Waals surface area contributed by atoms with E-state index in [1.807, 2.05) is 30.0 Å². The molecule has 1 atom stereocenters. The second-order valence-corrected chi connectivity index (χ2v) is 6.43. The lowest BCUT2D eigenvalue weighted by Crippen LogP contribution is -2.47. The molecule has 1 aromatic heterocycles. The molecule has 1 amide bonds. The molecule has 0 spiro atoms. The van der Waals surface area contributed by atoms with Gasteiger partial charge in [-0.2, -0.15) is 4.98 Å². The molecule has 3 heterocycles. The summed E-state index contributed by atoms with van der Waals surface area (Å²) < 4.78 is 16.1. The van der Waals surface area contributed by atoms with E-state index in [-0.39, 0.29) is 12.0 Å². The van der Waals surface area contributed by atoms with Crippen LogP contribution in [0.5, 0.6) is 5.75 Å². The minimum atomic E-state index is -0.230. The van der Waals surface area contributed by atoms with Crippen LogP contribution in [0.3, 0.4) is 0 Å². The first-order valence-corrected chi connectivity index (χ1v) is 8.84. The highest BCUT2D eigenvalue weighted by Gasteiger charge is 2.31. The number of hydrogen-bond donors (Lipinski definition) is 0. The Hall–Kier alpha value is -2.61. The second-order valence-electron chi connectivity index (χ2n) is 6.43. The SMILES string of the molecule is COC(C)c1noc(CCC(=O)N2CCN3CCOc4cccc2c43)n1. The van der Waals surface area contributed by atoms with Gasteiger partial charge in [0, 0.05) is 33.0 Å². The van der Waals surface area contributed by atoms with E-state index in [2.05, 4.69) is 15.0 Å². The van der Waals surface area contributed by atoms with Crippen molar-refractivity contribution in [1.82, 2.24) is 10.1 Å². The predicted octanol–water partition coefficient (Wildman–Crippen LogP) is 1.96. The molecule has 0 bridgehead atoms. The van der Waals surface area contributed by atoms with Crippen molar-refractivity contribution in [2.24, 2.45) is 0 Å². The van der Waals surface area contributed by atoms with Gasteiger partial charge in [-0.15, -0.1) is 0 Å². The fourth-order valence-electron chi connectivity index (χ4n) is 3.35. The number of carbonyl (C=O) groups is 1. The molecule has 0 saturated carbocycles. The zero-order valence-corrected chi connectivity index (χ0v) is 15.0. The van der Waals surface area contributed by atoms with E-state index in [0.29, 0.717) is 37.7 Å². The summed E-state index contributed by atoms with van der Waals surface area (Å²) in [5, 5.41) is 3.89. The van der Waals surface area contributed by atoms with E-state index in [1.54, 1.807) is 7.11 Å². The molecule has 138 valence electrons. The average Bonchev–Trinajstić information content (AvgIpc) is 3.15. The molecule has 0 radical (unpaired) electrons. The number of benzene rings is 1. The first kappa shape index (κ1) is 16.8. The fourth-order valence-corrected chi connectivity index (χ4v) is 3.35. The van der Waals surface area contributed by atoms with Gasteiger partial charge in [-0.3, -0.25) is 4.79 Å². The molecular formula is C18H22N4O4. The molecular weight excluding hydrogens is 336 g/mol. The van der Waals surface area contributed by atoms with E-state index < -0.39 is 0 Å². The number of aromatic nitrogens is 2. The van der Waals surface area contributed by atoms with E-state index in [9.17, 15) is 4.79 Å². The van der Waals surface area contributed by atoms with Gasteiger partial charge in [-0.25, -0.2) is 0 Å². The second kappa shape index (κ2) is 6.95. The highest BCUT2D eigenvalue weighted by atomic mass is 16.5. The third-order valence-electron chi connectivity index (χ3n) is 4.85. The standard InChI is InChI=1S/C18H22N4O4/c1-12(24-2)18-19-15(26-20-18)6-7-16(23)22-9-8-21-10-11-25-14-5-3-4-13(22)17(14)21/h3-5,12H,6-11H2,1-2H3. The minimum Gasteiger partial charge on any atom is -0.489 e. The van der Waals surface area contributed by atoms with Crippen LogP contribution in [0.4, 0.5) is 11.4 Å². The topological polar surface area (TPSA) is 80.9 Å². The van der Waals surface area contributed by atoms with Crippen LogP contribution in [0, 0.1) is 0 Å². The van der Waals surface area contributed by atoms with Crippen LogP contribution in [0.15, 0.2) is 22.7 Å². The Morgan fingerprint density at radius 3 is 3.08 bits per heavy atom. The summed E-state index contributed by atoms with van der Waals surface area (Å²) in [5.41, 5.74) is 1.94. The predicted molar refractivity (Wildman–Crippen MR) is 94.5 cm³/mol. The van der Waals surface area contributed by atoms with Crippen molar-refractivity contribution < 1.29 is 18.8 Å². The lowest BCUT2D eigenvalue weighted by atomic mass is 10.1. The normalized spacial score (nSPS) is 16.8. The first-order valence-electron chi connectivity index (χ1n) is 8.84. The number of rotatable bonds is 5. The van der Waals surface area contributed by atoms with Gasteiger partial charge in [0.1, 0.15) is 24.1 Å². The van der Waals surface area contributed by atoms with Crippen molar-refractivity contribution in [3.8, 4) is 5.75 Å². The maximum absolute atomic E-state index is 12.8. The fraction of sp³-hybridized carbons (Fsp3) is 0.500. The van der Waals surface area contributed by atoms with E-state index >= 15 is 0 Å². The molecule has 8 nitrogen and oxygen atoms in total. The Morgan fingerprint density at radius 2 is 2.23 bits per heavy atom. The van der Waals surface area contributed by atoms with Crippen molar-refractivity contribution in [3.63, 3.8) is 0 Å². The zero-order valence-electron chi connectivity index (χ0n) is 15.0. The number of amides is 1. The number of ether oxygens (including phenoxy) is 2. The number of nitrogens with zero attached hydrogens (tertiary/aromatic N) is 4. The Labute approximate surface area is 151 Å². The number of anilines is 2. The third-order valence-corrected chi connectivity index (χ3v) is 4.85. The van der Waals surface area contributed by atoms with Gasteiger partial charge in [-0.1, -0.05) is 11.2 Å². The molecule has 0 N–H and O–H groups in total. The molecule has 26 heavy (non-hydrogen) atoms. The Morgan fingerprint density at radius 1 is 1.35 bits per heavy atom. The molecule has 2 aliphatic rings. The van der Waals surface area contributed by atoms with Crippen molar-refractivity contribution in [2.75, 3.05) is 43.2 Å². The summed E-state index contributed by atoms with van der Waals surface area (Å²) >= 11 is 0. The smallest absolute Gasteiger partial charge is 0.227 e. The van der Waals surface area contributed by atoms with Gasteiger partial charge in [-0.05, 0) is 19.1 Å². The van der Waals surface area contributed by atoms with Crippen LogP contribution >= 0.6 is 0 Å². The lowest BCUT2D eigenvalue weighted by molar-refractivity contribution is -0.118. The Balaban J connectivity index is 1.46. The number of carbonyl (C=O) groups excluding carboxylic acids is 1. The monoisotopic (exact) mass is 358 g/mol. The number of methoxy groups -OCH3 is 1. The summed E-state index contributed by atoms with van der Waals surface area (Å²) in [7, 11) is 1.59. The number of hydrogen-bond acceptors (Lipinski definition) is 7. The molecule has 1 aromatic carbocycles. The Bertz CT molecular complexity index is 806. The highest BCUT2D eigenvalue weighted by molar-refractivity contribution is 5.99. The summed E-state index contributed by atoms with van der Waals surface area (Å²) in [6, 6.07) is 5.86. The maximum atomic E-state index is 12.8. The van der Waals surface area contributed by atoms with Gasteiger partial charge in [0.25, 0.3) is 0 Å². The largest absolute Gasteiger partial charge is 0.489 e. The van der Waals surface area contributed by atoms with Crippen LogP contribution in [0.25, 0.3) is 0 Å². The van der Waals surface area contributed by atoms with Crippen LogP contribution in [0.1, 0.15) is 31.2 Å². The number of para-hydroxylation sites is 1. The van der Waals surface area contributed by atoms with Crippen LogP contribution in [-0.2, 0) is 16.0 Å². The van der Waals surface area contributed by atoms with Crippen molar-refractivity contribution in [3.05, 3.63) is 29.9 Å². The first-order chi connectivity index (χ1) is 12.7. The Kier molecular flexibility index (Phi) is 4.50. The summed E-state index contributed by atoms with van der Waals surface area (Å²) in [6.07, 6.45) is 0.494. The molecule has 2 aliphatic heterocycles. The van der Waals surface area contributed by atoms with Gasteiger partial charge >= 0.3 is 0 Å². The molecule has 2 aromatic rings. The molecule has 4 rings (SSSR count). The molecule has 0 aliphatic carbocycles. The van der Waals surface area contributed by atoms with E-state index in [0.717, 1.165) is 30.2 Å². The van der Waals surface area contributed by atoms with E-state index in [4.69, 9.17) is 14.0 Å². The summed E-state index contributed by atoms with van der Waals surface area (Å²) in [5.74, 6) is 1.84. The minimum absolute atomic E-state index is 0.0446. The quantitative estimate of drug-likeness (QED) is 0.808. The van der Waals surface area contributed by atoms with Crippen molar-refractivity contribution in [2.45, 2.75) is 25.9 Å². The van der Waals surface area contributed by atoms with Gasteiger partial charge in [0.2, 0.25) is 11.8 Å². The highest BCUT2D eigenvalue weighted by Crippen LogP contribution is 2.42. The summed E-state index contributed by atoms with van der Waals surface area (Å²) in [6.45, 7) is 4.87. The average molecular weight is 358 g/mol. The van der Waals surface area contributed by atoms with Crippen LogP contribution in [-0.4, -0.2) is 49.4 Å². The zero-order chi connectivity index (χ0) is 18.1. The van der Waals surface area contributed by atoms with Gasteiger partial charge in [0.05, 0.1) is 12.2 Å². The molecule has 8 heteroatoms. The maximum Gasteiger partial charge on any atom is 0.227 e. The van der Waals surface area contributed by atoms with Crippen molar-refractivity contribution in [1.29, 1.82) is 0 Å². The van der Waals surface area contributed by atoms with Gasteiger partial charge < -0.3 is 23.8 Å². The van der Waals surface area contributed by atoms with Crippen molar-refractivity contribution >= 4 is 17.3 Å². The lowest BCUT2D eigenvalue weighted by Gasteiger charge is -2.41. The van der Waals surface area contributed by atoms with E-state index in [1.165, 1.54) is 0 Å². The third kappa shape index (κ3) is 3.01. The van der Waals surface area contributed by atoms with Gasteiger partial charge in [0.15, 0.2) is 5.82 Å².